The van der Waals surface area contributed by atoms with Gasteiger partial charge in [-0.2, -0.15) is 0 Å². The summed E-state index contributed by atoms with van der Waals surface area (Å²) in [7, 11) is 1.69. The average Bonchev–Trinajstić information content (AvgIpc) is 2.93. The van der Waals surface area contributed by atoms with Gasteiger partial charge in [0.05, 0.1) is 18.6 Å². The Bertz CT molecular complexity index is 507. The van der Waals surface area contributed by atoms with E-state index in [1.807, 2.05) is 26.0 Å². The quantitative estimate of drug-likeness (QED) is 0.844. The van der Waals surface area contributed by atoms with Crippen molar-refractivity contribution in [2.24, 2.45) is 11.1 Å². The van der Waals surface area contributed by atoms with Crippen LogP contribution in [0.4, 0.5) is 0 Å². The summed E-state index contributed by atoms with van der Waals surface area (Å²) in [6, 6.07) is 6.12. The van der Waals surface area contributed by atoms with Gasteiger partial charge in [-0.05, 0) is 42.9 Å². The number of carbonyl (C=O) groups is 1. The van der Waals surface area contributed by atoms with E-state index in [2.05, 4.69) is 11.4 Å². The number of nitrogens with one attached hydrogen (secondary N) is 1. The third-order valence-electron chi connectivity index (χ3n) is 4.98. The van der Waals surface area contributed by atoms with Crippen molar-refractivity contribution in [3.63, 3.8) is 0 Å². The zero-order valence-electron chi connectivity index (χ0n) is 13.6. The molecule has 1 aliphatic carbocycles. The van der Waals surface area contributed by atoms with Crippen molar-refractivity contribution in [3.05, 3.63) is 29.3 Å². The van der Waals surface area contributed by atoms with Crippen LogP contribution in [0.15, 0.2) is 18.2 Å². The first-order valence-corrected chi connectivity index (χ1v) is 7.78. The smallest absolute Gasteiger partial charge is 0.227 e. The Morgan fingerprint density at radius 1 is 1.41 bits per heavy atom. The van der Waals surface area contributed by atoms with Gasteiger partial charge >= 0.3 is 0 Å². The molecule has 124 valence electrons. The number of hydrogen-bond acceptors (Lipinski definition) is 3. The van der Waals surface area contributed by atoms with Crippen molar-refractivity contribution in [2.75, 3.05) is 13.7 Å². The van der Waals surface area contributed by atoms with Crippen LogP contribution in [-0.4, -0.2) is 19.6 Å². The third kappa shape index (κ3) is 3.23. The second-order valence-electron chi connectivity index (χ2n) is 5.78. The number of fused-ring (bicyclic) bond motifs is 1. The Balaban J connectivity index is 0.00000242. The predicted octanol–water partition coefficient (Wildman–Crippen LogP) is 2.99. The highest BCUT2D eigenvalue weighted by atomic mass is 35.5. The zero-order chi connectivity index (χ0) is 15.5. The summed E-state index contributed by atoms with van der Waals surface area (Å²) in [6.45, 7) is 4.45. The molecule has 0 fully saturated rings. The second-order valence-corrected chi connectivity index (χ2v) is 5.78. The van der Waals surface area contributed by atoms with Crippen LogP contribution in [0, 0.1) is 5.41 Å². The Kier molecular flexibility index (Phi) is 6.69. The second kappa shape index (κ2) is 7.84. The Labute approximate surface area is 139 Å². The summed E-state index contributed by atoms with van der Waals surface area (Å²) in [5, 5.41) is 3.21. The van der Waals surface area contributed by atoms with E-state index in [4.69, 9.17) is 10.5 Å². The molecule has 0 aromatic heterocycles. The molecule has 0 spiro atoms. The molecule has 0 heterocycles. The molecule has 1 amide bonds. The lowest BCUT2D eigenvalue weighted by Gasteiger charge is -2.30. The van der Waals surface area contributed by atoms with Crippen LogP contribution >= 0.6 is 12.4 Å². The fourth-order valence-electron chi connectivity index (χ4n) is 3.23. The van der Waals surface area contributed by atoms with E-state index in [0.717, 1.165) is 31.4 Å². The molecule has 1 aliphatic rings. The molecule has 1 unspecified atom stereocenters. The summed E-state index contributed by atoms with van der Waals surface area (Å²) >= 11 is 0. The molecule has 0 radical (unpaired) electrons. The lowest BCUT2D eigenvalue weighted by atomic mass is 9.81. The van der Waals surface area contributed by atoms with Crippen molar-refractivity contribution in [1.29, 1.82) is 0 Å². The van der Waals surface area contributed by atoms with Crippen molar-refractivity contribution in [3.8, 4) is 5.75 Å². The van der Waals surface area contributed by atoms with Crippen molar-refractivity contribution < 1.29 is 9.53 Å². The van der Waals surface area contributed by atoms with Crippen LogP contribution in [0.2, 0.25) is 0 Å². The number of amides is 1. The summed E-state index contributed by atoms with van der Waals surface area (Å²) in [6.07, 6.45) is 3.40. The van der Waals surface area contributed by atoms with Gasteiger partial charge in [0.1, 0.15) is 5.75 Å². The van der Waals surface area contributed by atoms with Gasteiger partial charge < -0.3 is 15.8 Å². The zero-order valence-corrected chi connectivity index (χ0v) is 14.5. The van der Waals surface area contributed by atoms with E-state index in [1.165, 1.54) is 11.1 Å². The molecule has 0 bridgehead atoms. The van der Waals surface area contributed by atoms with Crippen LogP contribution in [0.3, 0.4) is 0 Å². The molecule has 1 atom stereocenters. The van der Waals surface area contributed by atoms with Gasteiger partial charge in [-0.1, -0.05) is 26.0 Å². The summed E-state index contributed by atoms with van der Waals surface area (Å²) in [4.78, 5) is 12.7. The van der Waals surface area contributed by atoms with Crippen LogP contribution in [0.25, 0.3) is 0 Å². The SMILES string of the molecule is CCC(CC)(CN)C(=O)NC1CCc2c(OC)cccc21.Cl. The van der Waals surface area contributed by atoms with E-state index in [9.17, 15) is 4.79 Å². The minimum Gasteiger partial charge on any atom is -0.496 e. The molecule has 2 rings (SSSR count). The standard InChI is InChI=1S/C17H26N2O2.ClH/c1-4-17(5-2,11-18)16(20)19-14-10-9-13-12(14)7-6-8-15(13)21-3;/h6-8,14H,4-5,9-11,18H2,1-3H3,(H,19,20);1H. The highest BCUT2D eigenvalue weighted by molar-refractivity contribution is 5.85. The molecule has 1 aromatic rings. The van der Waals surface area contributed by atoms with Crippen LogP contribution in [0.1, 0.15) is 50.3 Å². The van der Waals surface area contributed by atoms with Crippen molar-refractivity contribution in [1.82, 2.24) is 5.32 Å². The molecule has 0 saturated carbocycles. The first kappa shape index (κ1) is 18.8. The van der Waals surface area contributed by atoms with Crippen molar-refractivity contribution in [2.45, 2.75) is 45.6 Å². The number of benzene rings is 1. The number of nitrogens with two attached hydrogens (primary N) is 1. The van der Waals surface area contributed by atoms with Gasteiger partial charge in [0.15, 0.2) is 0 Å². The molecule has 0 aliphatic heterocycles. The molecular weight excluding hydrogens is 300 g/mol. The van der Waals surface area contributed by atoms with Crippen LogP contribution < -0.4 is 15.8 Å². The molecule has 3 N–H and O–H groups in total. The van der Waals surface area contributed by atoms with Gasteiger partial charge in [-0.3, -0.25) is 4.79 Å². The lowest BCUT2D eigenvalue weighted by molar-refractivity contribution is -0.131. The van der Waals surface area contributed by atoms with Gasteiger partial charge in [-0.15, -0.1) is 12.4 Å². The maximum Gasteiger partial charge on any atom is 0.227 e. The number of hydrogen-bond donors (Lipinski definition) is 2. The number of methoxy groups -OCH3 is 1. The van der Waals surface area contributed by atoms with Crippen LogP contribution in [0.5, 0.6) is 5.75 Å². The average molecular weight is 327 g/mol. The predicted molar refractivity (Wildman–Crippen MR) is 91.5 cm³/mol. The van der Waals surface area contributed by atoms with Gasteiger partial charge in [0.25, 0.3) is 0 Å². The highest BCUT2D eigenvalue weighted by Gasteiger charge is 2.36. The Morgan fingerprint density at radius 3 is 2.64 bits per heavy atom. The van der Waals surface area contributed by atoms with Gasteiger partial charge in [0.2, 0.25) is 5.91 Å². The lowest BCUT2D eigenvalue weighted by Crippen LogP contribution is -2.46. The molecule has 5 heteroatoms. The first-order valence-electron chi connectivity index (χ1n) is 7.78. The van der Waals surface area contributed by atoms with Crippen LogP contribution in [-0.2, 0) is 11.2 Å². The third-order valence-corrected chi connectivity index (χ3v) is 4.98. The minimum absolute atomic E-state index is 0. The molecule has 22 heavy (non-hydrogen) atoms. The minimum atomic E-state index is -0.443. The summed E-state index contributed by atoms with van der Waals surface area (Å²) in [5.74, 6) is 0.996. The van der Waals surface area contributed by atoms with E-state index in [1.54, 1.807) is 7.11 Å². The number of halogens is 1. The fraction of sp³-hybridized carbons (Fsp3) is 0.588. The number of ether oxygens (including phenoxy) is 1. The molecule has 1 aromatic carbocycles. The van der Waals surface area contributed by atoms with E-state index < -0.39 is 5.41 Å². The number of rotatable bonds is 6. The highest BCUT2D eigenvalue weighted by Crippen LogP contribution is 2.37. The van der Waals surface area contributed by atoms with E-state index in [0.29, 0.717) is 6.54 Å². The fourth-order valence-corrected chi connectivity index (χ4v) is 3.23. The molecular formula is C17H27ClN2O2. The van der Waals surface area contributed by atoms with E-state index in [-0.39, 0.29) is 24.4 Å². The van der Waals surface area contributed by atoms with Crippen molar-refractivity contribution >= 4 is 18.3 Å². The van der Waals surface area contributed by atoms with Gasteiger partial charge in [0, 0.05) is 6.54 Å². The summed E-state index contributed by atoms with van der Waals surface area (Å²) < 4.78 is 5.41. The van der Waals surface area contributed by atoms with Gasteiger partial charge in [-0.25, -0.2) is 0 Å². The monoisotopic (exact) mass is 326 g/mol. The first-order chi connectivity index (χ1) is 10.1. The largest absolute Gasteiger partial charge is 0.496 e. The maximum absolute atomic E-state index is 12.7. The Morgan fingerprint density at radius 2 is 2.09 bits per heavy atom. The normalized spacial score (nSPS) is 16.6. The topological polar surface area (TPSA) is 64.4 Å². The molecule has 0 saturated heterocycles. The maximum atomic E-state index is 12.7. The number of carbonyl (C=O) groups excluding carboxylic acids is 1. The van der Waals surface area contributed by atoms with E-state index >= 15 is 0 Å². The molecule has 4 nitrogen and oxygen atoms in total. The summed E-state index contributed by atoms with van der Waals surface area (Å²) in [5.41, 5.74) is 7.82. The Hall–Kier alpha value is -1.26.